The zero-order valence-electron chi connectivity index (χ0n) is 19.5. The molecule has 0 spiro atoms. The quantitative estimate of drug-likeness (QED) is 0.236. The maximum atomic E-state index is 12.3. The van der Waals surface area contributed by atoms with E-state index in [1.54, 1.807) is 12.1 Å². The van der Waals surface area contributed by atoms with E-state index in [2.05, 4.69) is 6.92 Å². The number of benzene rings is 2. The molecule has 0 aliphatic carbocycles. The monoisotopic (exact) mass is 486 g/mol. The van der Waals surface area contributed by atoms with Gasteiger partial charge < -0.3 is 9.84 Å². The van der Waals surface area contributed by atoms with Gasteiger partial charge in [-0.15, -0.1) is 5.75 Å². The van der Waals surface area contributed by atoms with Crippen LogP contribution in [0.4, 0.5) is 0 Å². The molecule has 0 saturated heterocycles. The SMILES string of the molecule is CCCCCCCCCCCCCc1ccc(Oc2ccc(S(=O)(=O)O)cc2)cc1[O-].[K+]. The van der Waals surface area contributed by atoms with Crippen LogP contribution >= 0.6 is 0 Å². The molecule has 0 unspecified atom stereocenters. The summed E-state index contributed by atoms with van der Waals surface area (Å²) in [5, 5.41) is 12.3. The predicted octanol–water partition coefficient (Wildman–Crippen LogP) is 3.66. The summed E-state index contributed by atoms with van der Waals surface area (Å²) in [5.41, 5.74) is 0.796. The summed E-state index contributed by atoms with van der Waals surface area (Å²) in [5.74, 6) is 0.761. The Morgan fingerprint density at radius 3 is 1.78 bits per heavy atom. The smallest absolute Gasteiger partial charge is 0.872 e. The first-order valence-electron chi connectivity index (χ1n) is 11.5. The summed E-state index contributed by atoms with van der Waals surface area (Å²) in [6.45, 7) is 2.24. The van der Waals surface area contributed by atoms with Crippen LogP contribution in [0.5, 0.6) is 17.2 Å². The van der Waals surface area contributed by atoms with Gasteiger partial charge in [-0.1, -0.05) is 82.8 Å². The van der Waals surface area contributed by atoms with Crippen LogP contribution in [0, 0.1) is 0 Å². The van der Waals surface area contributed by atoms with Gasteiger partial charge in [0, 0.05) is 0 Å². The van der Waals surface area contributed by atoms with Crippen LogP contribution in [0.25, 0.3) is 0 Å². The van der Waals surface area contributed by atoms with Gasteiger partial charge in [-0.3, -0.25) is 4.55 Å². The molecule has 0 bridgehead atoms. The normalized spacial score (nSPS) is 11.2. The van der Waals surface area contributed by atoms with Crippen molar-refractivity contribution in [2.24, 2.45) is 0 Å². The topological polar surface area (TPSA) is 86.7 Å². The number of ether oxygens (including phenoxy) is 1. The molecule has 0 aliphatic rings. The van der Waals surface area contributed by atoms with Gasteiger partial charge in [0.15, 0.2) is 0 Å². The standard InChI is InChI=1S/C25H36O5S.K/c1-2-3-4-5-6-7-8-9-10-11-12-13-21-14-15-23(20-25(21)26)30-22-16-18-24(19-17-22)31(27,28)29;/h14-20,26H,2-13H2,1H3,(H,27,28,29);/q;+1/p-1. The fourth-order valence-electron chi connectivity index (χ4n) is 3.60. The minimum absolute atomic E-state index is 0. The molecule has 172 valence electrons. The van der Waals surface area contributed by atoms with Crippen molar-refractivity contribution < 1.29 is 74.2 Å². The third-order valence-corrected chi connectivity index (χ3v) is 6.31. The van der Waals surface area contributed by atoms with E-state index in [1.165, 1.54) is 88.1 Å². The maximum Gasteiger partial charge on any atom is 1.00 e. The summed E-state index contributed by atoms with van der Waals surface area (Å²) in [6, 6.07) is 10.4. The molecule has 0 saturated carbocycles. The van der Waals surface area contributed by atoms with Gasteiger partial charge >= 0.3 is 51.4 Å². The molecule has 2 aromatic rings. The van der Waals surface area contributed by atoms with Crippen LogP contribution in [-0.2, 0) is 16.5 Å². The van der Waals surface area contributed by atoms with Crippen LogP contribution in [-0.4, -0.2) is 13.0 Å². The minimum atomic E-state index is -4.23. The molecule has 1 N–H and O–H groups in total. The van der Waals surface area contributed by atoms with Crippen LogP contribution in [0.2, 0.25) is 0 Å². The zero-order valence-corrected chi connectivity index (χ0v) is 23.5. The zero-order chi connectivity index (χ0) is 22.5. The van der Waals surface area contributed by atoms with Crippen molar-refractivity contribution in [3.8, 4) is 17.2 Å². The first kappa shape index (κ1) is 29.6. The molecule has 0 atom stereocenters. The Balaban J connectivity index is 0.00000512. The van der Waals surface area contributed by atoms with E-state index in [4.69, 9.17) is 9.29 Å². The molecule has 0 fully saturated rings. The van der Waals surface area contributed by atoms with Crippen LogP contribution in [0.15, 0.2) is 47.4 Å². The average Bonchev–Trinajstić information content (AvgIpc) is 2.73. The second-order valence-corrected chi connectivity index (χ2v) is 9.53. The maximum absolute atomic E-state index is 12.3. The van der Waals surface area contributed by atoms with E-state index < -0.39 is 10.1 Å². The first-order valence-corrected chi connectivity index (χ1v) is 12.9. The van der Waals surface area contributed by atoms with E-state index in [0.717, 1.165) is 24.8 Å². The van der Waals surface area contributed by atoms with Crippen molar-refractivity contribution in [1.29, 1.82) is 0 Å². The number of hydrogen-bond donors (Lipinski definition) is 1. The van der Waals surface area contributed by atoms with Crippen molar-refractivity contribution in [1.82, 2.24) is 0 Å². The number of rotatable bonds is 15. The van der Waals surface area contributed by atoms with Gasteiger partial charge in [-0.05, 0) is 49.2 Å². The minimum Gasteiger partial charge on any atom is -0.872 e. The van der Waals surface area contributed by atoms with Crippen molar-refractivity contribution in [3.63, 3.8) is 0 Å². The largest absolute Gasteiger partial charge is 1.00 e. The summed E-state index contributed by atoms with van der Waals surface area (Å²) in [6.07, 6.45) is 14.9. The second kappa shape index (κ2) is 16.3. The van der Waals surface area contributed by atoms with Gasteiger partial charge in [0.25, 0.3) is 10.1 Å². The average molecular weight is 487 g/mol. The van der Waals surface area contributed by atoms with E-state index in [9.17, 15) is 13.5 Å². The second-order valence-electron chi connectivity index (χ2n) is 8.10. The molecule has 0 heterocycles. The van der Waals surface area contributed by atoms with Crippen LogP contribution in [0.1, 0.15) is 83.1 Å². The molecular weight excluding hydrogens is 451 g/mol. The number of hydrogen-bond acceptors (Lipinski definition) is 4. The Bertz CT molecular complexity index is 882. The van der Waals surface area contributed by atoms with Gasteiger partial charge in [0.1, 0.15) is 11.5 Å². The van der Waals surface area contributed by atoms with Gasteiger partial charge in [-0.25, -0.2) is 0 Å². The van der Waals surface area contributed by atoms with Crippen molar-refractivity contribution in [3.05, 3.63) is 48.0 Å². The Labute approximate surface area is 236 Å². The summed E-state index contributed by atoms with van der Waals surface area (Å²) in [7, 11) is -4.23. The Morgan fingerprint density at radius 1 is 0.781 bits per heavy atom. The fourth-order valence-corrected chi connectivity index (χ4v) is 4.08. The van der Waals surface area contributed by atoms with Crippen LogP contribution < -0.4 is 61.2 Å². The van der Waals surface area contributed by atoms with E-state index >= 15 is 0 Å². The summed E-state index contributed by atoms with van der Waals surface area (Å²) < 4.78 is 36.8. The third kappa shape index (κ3) is 11.6. The molecule has 0 aromatic heterocycles. The summed E-state index contributed by atoms with van der Waals surface area (Å²) >= 11 is 0. The fraction of sp³-hybridized carbons (Fsp3) is 0.520. The van der Waals surface area contributed by atoms with E-state index in [1.807, 2.05) is 0 Å². The molecule has 5 nitrogen and oxygen atoms in total. The molecule has 2 rings (SSSR count). The van der Waals surface area contributed by atoms with Crippen LogP contribution in [0.3, 0.4) is 0 Å². The van der Waals surface area contributed by atoms with Crippen molar-refractivity contribution in [2.75, 3.05) is 0 Å². The Kier molecular flexibility index (Phi) is 15.0. The number of unbranched alkanes of at least 4 members (excludes halogenated alkanes) is 10. The van der Waals surface area contributed by atoms with Crippen molar-refractivity contribution in [2.45, 2.75) is 88.9 Å². The molecule has 7 heteroatoms. The molecule has 0 amide bonds. The van der Waals surface area contributed by atoms with Gasteiger partial charge in [0.05, 0.1) is 4.90 Å². The molecule has 0 radical (unpaired) electrons. The molecule has 32 heavy (non-hydrogen) atoms. The Hall–Kier alpha value is -0.414. The van der Waals surface area contributed by atoms with Gasteiger partial charge in [0.2, 0.25) is 0 Å². The van der Waals surface area contributed by atoms with E-state index in [0.29, 0.717) is 11.5 Å². The summed E-state index contributed by atoms with van der Waals surface area (Å²) in [4.78, 5) is -0.202. The first-order chi connectivity index (χ1) is 14.9. The molecule has 0 aliphatic heterocycles. The van der Waals surface area contributed by atoms with Gasteiger partial charge in [-0.2, -0.15) is 8.42 Å². The molecule has 2 aromatic carbocycles. The Morgan fingerprint density at radius 2 is 1.28 bits per heavy atom. The number of aryl methyl sites for hydroxylation is 1. The van der Waals surface area contributed by atoms with E-state index in [-0.39, 0.29) is 62.0 Å². The third-order valence-electron chi connectivity index (χ3n) is 5.45. The van der Waals surface area contributed by atoms with Crippen molar-refractivity contribution >= 4 is 10.1 Å². The molecular formula is C25H35KO5S. The predicted molar refractivity (Wildman–Crippen MR) is 122 cm³/mol.